The number of unbranched alkanes of at least 4 members (excludes halogenated alkanes) is 25. The summed E-state index contributed by atoms with van der Waals surface area (Å²) >= 11 is 0. The highest BCUT2D eigenvalue weighted by atomic mass is 16.7. The molecule has 9 unspecified atom stereocenters. The molecule has 0 saturated carbocycles. The molecule has 0 aromatic carbocycles. The largest absolute Gasteiger partial charge is 0.394 e. The number of allylic oxidation sites excluding steroid dienone is 8. The van der Waals surface area contributed by atoms with Crippen LogP contribution in [0.15, 0.2) is 48.6 Å². The normalized spacial score (nSPS) is 21.1. The minimum absolute atomic E-state index is 0.234. The van der Waals surface area contributed by atoms with Crippen molar-refractivity contribution < 1.29 is 50.0 Å². The molecule has 8 N–H and O–H groups in total. The summed E-state index contributed by atoms with van der Waals surface area (Å²) in [5.41, 5.74) is 0. The third-order valence-corrected chi connectivity index (χ3v) is 12.8. The number of carbonyl (C=O) groups is 1. The SMILES string of the molecule is CCCCCCCCC/C=C\CCCCCCC(O)C(=O)NC(COC1OC(CO)C(O)C(O)C1O)C(O)C(O)CCC/C=C/CC/C=C/CC/C=C/CCCCCCCCCCCCC. The van der Waals surface area contributed by atoms with Crippen LogP contribution in [0.1, 0.15) is 226 Å². The fourth-order valence-corrected chi connectivity index (χ4v) is 8.35. The summed E-state index contributed by atoms with van der Waals surface area (Å²) in [4.78, 5) is 13.1. The Balaban J connectivity index is 2.40. The van der Waals surface area contributed by atoms with Crippen molar-refractivity contribution in [3.05, 3.63) is 48.6 Å². The van der Waals surface area contributed by atoms with E-state index in [1.807, 2.05) is 0 Å². The first-order chi connectivity index (χ1) is 32.2. The average molecular weight is 936 g/mol. The standard InChI is InChI=1S/C55H101NO10/c1-3-5-7-9-11-13-15-17-19-20-21-22-23-24-25-26-27-29-30-32-34-36-38-40-42-47(58)50(60)46(45-65-55-53(63)52(62)51(61)49(44-57)66-55)56-54(64)48(59)43-41-39-37-35-33-31-28-18-16-14-12-10-8-6-4-2/h23-24,27-29,31,34,36,46-53,55,57-63H,3-22,25-26,30,32-33,35,37-45H2,1-2H3,(H,56,64)/b24-23+,29-27+,31-28-,36-34+. The van der Waals surface area contributed by atoms with E-state index in [1.165, 1.54) is 122 Å². The minimum Gasteiger partial charge on any atom is -0.394 e. The lowest BCUT2D eigenvalue weighted by Gasteiger charge is -2.40. The number of carbonyl (C=O) groups excluding carboxylic acids is 1. The molecule has 1 aliphatic rings. The minimum atomic E-state index is -1.68. The smallest absolute Gasteiger partial charge is 0.249 e. The fraction of sp³-hybridized carbons (Fsp3) is 0.836. The van der Waals surface area contributed by atoms with Crippen molar-refractivity contribution in [3.63, 3.8) is 0 Å². The van der Waals surface area contributed by atoms with Gasteiger partial charge >= 0.3 is 0 Å². The maximum absolute atomic E-state index is 13.1. The van der Waals surface area contributed by atoms with E-state index < -0.39 is 74.2 Å². The summed E-state index contributed by atoms with van der Waals surface area (Å²) in [6, 6.07) is -1.20. The van der Waals surface area contributed by atoms with Gasteiger partial charge in [0.1, 0.15) is 36.6 Å². The third kappa shape index (κ3) is 32.8. The molecule has 0 aromatic heterocycles. The van der Waals surface area contributed by atoms with Gasteiger partial charge < -0.3 is 50.5 Å². The first kappa shape index (κ1) is 62.1. The van der Waals surface area contributed by atoms with E-state index in [0.717, 1.165) is 57.8 Å². The van der Waals surface area contributed by atoms with Crippen molar-refractivity contribution in [2.24, 2.45) is 0 Å². The fourth-order valence-electron chi connectivity index (χ4n) is 8.35. The van der Waals surface area contributed by atoms with Gasteiger partial charge in [0.05, 0.1) is 25.4 Å². The van der Waals surface area contributed by atoms with E-state index in [9.17, 15) is 40.5 Å². The topological polar surface area (TPSA) is 189 Å². The molecule has 1 amide bonds. The number of rotatable bonds is 45. The summed E-state index contributed by atoms with van der Waals surface area (Å²) in [6.07, 6.45) is 43.1. The molecule has 0 aromatic rings. The molecule has 1 rings (SSSR count). The Hall–Kier alpha value is -1.93. The second-order valence-electron chi connectivity index (χ2n) is 18.9. The number of ether oxygens (including phenoxy) is 2. The van der Waals surface area contributed by atoms with Crippen molar-refractivity contribution in [3.8, 4) is 0 Å². The molecular formula is C55H101NO10. The molecule has 11 heteroatoms. The van der Waals surface area contributed by atoms with Gasteiger partial charge in [-0.3, -0.25) is 4.79 Å². The summed E-state index contributed by atoms with van der Waals surface area (Å²) in [5, 5.41) is 75.9. The van der Waals surface area contributed by atoms with Crippen LogP contribution in [0.25, 0.3) is 0 Å². The Bertz CT molecular complexity index is 1210. The van der Waals surface area contributed by atoms with Crippen LogP contribution in [0, 0.1) is 0 Å². The summed E-state index contributed by atoms with van der Waals surface area (Å²) in [5.74, 6) is -0.722. The van der Waals surface area contributed by atoms with Gasteiger partial charge in [-0.15, -0.1) is 0 Å². The lowest BCUT2D eigenvalue weighted by atomic mass is 9.98. The predicted molar refractivity (Wildman–Crippen MR) is 270 cm³/mol. The first-order valence-corrected chi connectivity index (χ1v) is 27.0. The van der Waals surface area contributed by atoms with E-state index in [0.29, 0.717) is 19.3 Å². The van der Waals surface area contributed by atoms with Gasteiger partial charge in [-0.1, -0.05) is 184 Å². The molecular weight excluding hydrogens is 835 g/mol. The Kier molecular flexibility index (Phi) is 41.7. The van der Waals surface area contributed by atoms with Crippen LogP contribution in [0.2, 0.25) is 0 Å². The average Bonchev–Trinajstić information content (AvgIpc) is 3.32. The predicted octanol–water partition coefficient (Wildman–Crippen LogP) is 10.5. The maximum atomic E-state index is 13.1. The monoisotopic (exact) mass is 936 g/mol. The number of nitrogens with one attached hydrogen (secondary N) is 1. The summed E-state index contributed by atoms with van der Waals surface area (Å²) < 4.78 is 11.1. The molecule has 0 radical (unpaired) electrons. The number of amides is 1. The van der Waals surface area contributed by atoms with Gasteiger partial charge in [-0.2, -0.15) is 0 Å². The quantitative estimate of drug-likeness (QED) is 0.0216. The third-order valence-electron chi connectivity index (χ3n) is 12.8. The second-order valence-corrected chi connectivity index (χ2v) is 18.9. The highest BCUT2D eigenvalue weighted by Crippen LogP contribution is 2.23. The zero-order chi connectivity index (χ0) is 48.3. The molecule has 1 aliphatic heterocycles. The Morgan fingerprint density at radius 3 is 1.35 bits per heavy atom. The molecule has 1 fully saturated rings. The maximum Gasteiger partial charge on any atom is 0.249 e. The highest BCUT2D eigenvalue weighted by Gasteiger charge is 2.44. The van der Waals surface area contributed by atoms with Crippen molar-refractivity contribution in [2.75, 3.05) is 13.2 Å². The van der Waals surface area contributed by atoms with Gasteiger partial charge in [0.15, 0.2) is 6.29 Å². The van der Waals surface area contributed by atoms with Crippen molar-refractivity contribution in [1.29, 1.82) is 0 Å². The lowest BCUT2D eigenvalue weighted by Crippen LogP contribution is -2.60. The molecule has 11 nitrogen and oxygen atoms in total. The molecule has 0 aliphatic carbocycles. The lowest BCUT2D eigenvalue weighted by molar-refractivity contribution is -0.303. The summed E-state index contributed by atoms with van der Waals surface area (Å²) in [6.45, 7) is 3.42. The van der Waals surface area contributed by atoms with Crippen molar-refractivity contribution in [1.82, 2.24) is 5.32 Å². The molecule has 1 heterocycles. The van der Waals surface area contributed by atoms with Gasteiger partial charge in [0.2, 0.25) is 5.91 Å². The Morgan fingerprint density at radius 2 is 0.909 bits per heavy atom. The van der Waals surface area contributed by atoms with E-state index >= 15 is 0 Å². The van der Waals surface area contributed by atoms with Crippen molar-refractivity contribution >= 4 is 5.91 Å². The Labute approximate surface area is 402 Å². The van der Waals surface area contributed by atoms with Crippen LogP contribution >= 0.6 is 0 Å². The molecule has 0 bridgehead atoms. The zero-order valence-electron chi connectivity index (χ0n) is 41.9. The second kappa shape index (κ2) is 44.3. The first-order valence-electron chi connectivity index (χ1n) is 27.0. The van der Waals surface area contributed by atoms with Gasteiger partial charge in [-0.05, 0) is 89.9 Å². The van der Waals surface area contributed by atoms with Crippen molar-refractivity contribution in [2.45, 2.75) is 281 Å². The van der Waals surface area contributed by atoms with E-state index in [2.05, 4.69) is 67.8 Å². The van der Waals surface area contributed by atoms with Crippen LogP contribution in [-0.2, 0) is 14.3 Å². The van der Waals surface area contributed by atoms with E-state index in [1.54, 1.807) is 0 Å². The molecule has 1 saturated heterocycles. The van der Waals surface area contributed by atoms with Crippen LogP contribution < -0.4 is 5.32 Å². The van der Waals surface area contributed by atoms with Crippen LogP contribution in [0.5, 0.6) is 0 Å². The Morgan fingerprint density at radius 1 is 0.515 bits per heavy atom. The molecule has 66 heavy (non-hydrogen) atoms. The molecule has 386 valence electrons. The molecule has 9 atom stereocenters. The number of aliphatic hydroxyl groups excluding tert-OH is 7. The zero-order valence-corrected chi connectivity index (χ0v) is 41.9. The summed E-state index contributed by atoms with van der Waals surface area (Å²) in [7, 11) is 0. The van der Waals surface area contributed by atoms with Crippen LogP contribution in [-0.4, -0.2) is 110 Å². The molecule has 0 spiro atoms. The highest BCUT2D eigenvalue weighted by molar-refractivity contribution is 5.80. The van der Waals surface area contributed by atoms with E-state index in [-0.39, 0.29) is 12.8 Å². The van der Waals surface area contributed by atoms with Gasteiger partial charge in [-0.25, -0.2) is 0 Å². The van der Waals surface area contributed by atoms with E-state index in [4.69, 9.17) is 9.47 Å². The number of hydrogen-bond acceptors (Lipinski definition) is 10. The number of aliphatic hydroxyl groups is 7. The van der Waals surface area contributed by atoms with Crippen LogP contribution in [0.3, 0.4) is 0 Å². The van der Waals surface area contributed by atoms with Gasteiger partial charge in [0.25, 0.3) is 0 Å². The van der Waals surface area contributed by atoms with Gasteiger partial charge in [0, 0.05) is 0 Å². The number of hydrogen-bond donors (Lipinski definition) is 8. The van der Waals surface area contributed by atoms with Crippen LogP contribution in [0.4, 0.5) is 0 Å².